The molecular formula is C20H19N3O. The molecule has 2 aromatic carbocycles. The number of aliphatic hydroxyl groups is 1. The molecule has 4 rings (SSSR count). The van der Waals surface area contributed by atoms with Crippen molar-refractivity contribution < 1.29 is 5.11 Å². The van der Waals surface area contributed by atoms with Crippen LogP contribution in [0.25, 0.3) is 22.5 Å². The van der Waals surface area contributed by atoms with Crippen LogP contribution >= 0.6 is 0 Å². The summed E-state index contributed by atoms with van der Waals surface area (Å²) >= 11 is 0. The smallest absolute Gasteiger partial charge is 0.147 e. The van der Waals surface area contributed by atoms with E-state index in [0.717, 1.165) is 41.3 Å². The quantitative estimate of drug-likeness (QED) is 0.804. The van der Waals surface area contributed by atoms with Gasteiger partial charge >= 0.3 is 0 Å². The first-order valence-electron chi connectivity index (χ1n) is 8.22. The van der Waals surface area contributed by atoms with Gasteiger partial charge in [0, 0.05) is 24.2 Å². The number of nitrogens with zero attached hydrogens (tertiary/aromatic N) is 3. The SMILES string of the molecule is OC1CCN(c2cnc(-c3ccccc3)c(-c3ccccc3)n2)C1. The van der Waals surface area contributed by atoms with Gasteiger partial charge in [-0.1, -0.05) is 60.7 Å². The van der Waals surface area contributed by atoms with Gasteiger partial charge in [-0.25, -0.2) is 4.98 Å². The Morgan fingerprint density at radius 3 is 2.08 bits per heavy atom. The highest BCUT2D eigenvalue weighted by atomic mass is 16.3. The molecule has 4 nitrogen and oxygen atoms in total. The van der Waals surface area contributed by atoms with Crippen molar-refractivity contribution in [2.75, 3.05) is 18.0 Å². The van der Waals surface area contributed by atoms with Crippen LogP contribution in [0.5, 0.6) is 0 Å². The van der Waals surface area contributed by atoms with Crippen molar-refractivity contribution in [1.82, 2.24) is 9.97 Å². The highest BCUT2D eigenvalue weighted by Gasteiger charge is 2.23. The summed E-state index contributed by atoms with van der Waals surface area (Å²) in [5, 5.41) is 9.79. The molecule has 1 aromatic heterocycles. The zero-order valence-electron chi connectivity index (χ0n) is 13.3. The van der Waals surface area contributed by atoms with Gasteiger partial charge in [0.2, 0.25) is 0 Å². The van der Waals surface area contributed by atoms with Gasteiger partial charge in [-0.05, 0) is 6.42 Å². The van der Waals surface area contributed by atoms with Crippen LogP contribution in [0.3, 0.4) is 0 Å². The molecule has 1 N–H and O–H groups in total. The first-order valence-corrected chi connectivity index (χ1v) is 8.22. The van der Waals surface area contributed by atoms with E-state index in [2.05, 4.69) is 29.2 Å². The summed E-state index contributed by atoms with van der Waals surface area (Å²) in [7, 11) is 0. The van der Waals surface area contributed by atoms with E-state index >= 15 is 0 Å². The van der Waals surface area contributed by atoms with Crippen LogP contribution in [0.4, 0.5) is 5.82 Å². The van der Waals surface area contributed by atoms with Crippen LogP contribution in [0.2, 0.25) is 0 Å². The Bertz CT molecular complexity index is 821. The molecule has 0 bridgehead atoms. The van der Waals surface area contributed by atoms with E-state index < -0.39 is 0 Å². The van der Waals surface area contributed by atoms with Crippen LogP contribution in [-0.2, 0) is 0 Å². The summed E-state index contributed by atoms with van der Waals surface area (Å²) in [5.41, 5.74) is 3.85. The predicted octanol–water partition coefficient (Wildman–Crippen LogP) is 3.38. The van der Waals surface area contributed by atoms with Crippen LogP contribution in [-0.4, -0.2) is 34.3 Å². The molecule has 0 aliphatic carbocycles. The lowest BCUT2D eigenvalue weighted by Crippen LogP contribution is -2.22. The topological polar surface area (TPSA) is 49.2 Å². The number of aliphatic hydroxyl groups excluding tert-OH is 1. The third-order valence-electron chi connectivity index (χ3n) is 4.34. The van der Waals surface area contributed by atoms with Gasteiger partial charge in [-0.2, -0.15) is 0 Å². The fourth-order valence-electron chi connectivity index (χ4n) is 3.09. The second kappa shape index (κ2) is 6.42. The van der Waals surface area contributed by atoms with Gasteiger partial charge in [-0.3, -0.25) is 4.98 Å². The first kappa shape index (κ1) is 14.8. The van der Waals surface area contributed by atoms with Crippen molar-refractivity contribution in [3.8, 4) is 22.5 Å². The fourth-order valence-corrected chi connectivity index (χ4v) is 3.09. The summed E-state index contributed by atoms with van der Waals surface area (Å²) in [6.45, 7) is 1.43. The Kier molecular flexibility index (Phi) is 3.97. The van der Waals surface area contributed by atoms with Gasteiger partial charge in [0.1, 0.15) is 5.82 Å². The second-order valence-corrected chi connectivity index (χ2v) is 6.05. The minimum Gasteiger partial charge on any atom is -0.391 e. The van der Waals surface area contributed by atoms with Crippen LogP contribution in [0.15, 0.2) is 66.9 Å². The molecule has 24 heavy (non-hydrogen) atoms. The zero-order chi connectivity index (χ0) is 16.4. The zero-order valence-corrected chi connectivity index (χ0v) is 13.3. The Morgan fingerprint density at radius 1 is 0.875 bits per heavy atom. The average molecular weight is 317 g/mol. The van der Waals surface area contributed by atoms with Gasteiger partial charge in [0.05, 0.1) is 23.7 Å². The monoisotopic (exact) mass is 317 g/mol. The van der Waals surface area contributed by atoms with Crippen molar-refractivity contribution >= 4 is 5.82 Å². The van der Waals surface area contributed by atoms with Gasteiger partial charge in [0.25, 0.3) is 0 Å². The fraction of sp³-hybridized carbons (Fsp3) is 0.200. The maximum absolute atomic E-state index is 9.79. The van der Waals surface area contributed by atoms with Crippen molar-refractivity contribution in [3.63, 3.8) is 0 Å². The standard InChI is InChI=1S/C20H19N3O/c24-17-11-12-23(14-17)18-13-21-19(15-7-3-1-4-8-15)20(22-18)16-9-5-2-6-10-16/h1-10,13,17,24H,11-12,14H2. The normalized spacial score (nSPS) is 17.2. The van der Waals surface area contributed by atoms with Crippen molar-refractivity contribution in [3.05, 3.63) is 66.9 Å². The number of anilines is 1. The lowest BCUT2D eigenvalue weighted by Gasteiger charge is -2.18. The van der Waals surface area contributed by atoms with Crippen molar-refractivity contribution in [1.29, 1.82) is 0 Å². The van der Waals surface area contributed by atoms with E-state index in [1.165, 1.54) is 0 Å². The molecule has 1 aliphatic heterocycles. The van der Waals surface area contributed by atoms with Gasteiger partial charge in [-0.15, -0.1) is 0 Å². The number of aromatic nitrogens is 2. The maximum atomic E-state index is 9.79. The van der Waals surface area contributed by atoms with E-state index in [-0.39, 0.29) is 6.10 Å². The molecule has 1 unspecified atom stereocenters. The van der Waals surface area contributed by atoms with Crippen molar-refractivity contribution in [2.24, 2.45) is 0 Å². The molecule has 1 atom stereocenters. The third kappa shape index (κ3) is 2.88. The molecule has 3 aromatic rings. The van der Waals surface area contributed by atoms with Crippen LogP contribution in [0.1, 0.15) is 6.42 Å². The molecule has 0 spiro atoms. The minimum atomic E-state index is -0.277. The average Bonchev–Trinajstić information content (AvgIpc) is 3.09. The van der Waals surface area contributed by atoms with E-state index in [1.54, 1.807) is 0 Å². The van der Waals surface area contributed by atoms with Crippen molar-refractivity contribution in [2.45, 2.75) is 12.5 Å². The molecule has 1 aliphatic rings. The lowest BCUT2D eigenvalue weighted by molar-refractivity contribution is 0.198. The van der Waals surface area contributed by atoms with Crippen LogP contribution in [0, 0.1) is 0 Å². The highest BCUT2D eigenvalue weighted by molar-refractivity contribution is 5.78. The highest BCUT2D eigenvalue weighted by Crippen LogP contribution is 2.31. The number of rotatable bonds is 3. The lowest BCUT2D eigenvalue weighted by atomic mass is 10.0. The molecule has 4 heteroatoms. The third-order valence-corrected chi connectivity index (χ3v) is 4.34. The Hall–Kier alpha value is -2.72. The number of β-amino-alcohol motifs (C(OH)–C–C–N with tert-alkyl or cyclic N) is 1. The number of hydrogen-bond donors (Lipinski definition) is 1. The molecule has 1 fully saturated rings. The summed E-state index contributed by atoms with van der Waals surface area (Å²) in [6, 6.07) is 20.3. The molecule has 120 valence electrons. The van der Waals surface area contributed by atoms with E-state index in [0.29, 0.717) is 6.54 Å². The predicted molar refractivity (Wildman–Crippen MR) is 95.7 cm³/mol. The largest absolute Gasteiger partial charge is 0.391 e. The molecular weight excluding hydrogens is 298 g/mol. The Labute approximate surface area is 141 Å². The minimum absolute atomic E-state index is 0.277. The number of hydrogen-bond acceptors (Lipinski definition) is 4. The summed E-state index contributed by atoms with van der Waals surface area (Å²) < 4.78 is 0. The summed E-state index contributed by atoms with van der Waals surface area (Å²) in [6.07, 6.45) is 2.32. The van der Waals surface area contributed by atoms with E-state index in [9.17, 15) is 5.11 Å². The molecule has 0 amide bonds. The van der Waals surface area contributed by atoms with E-state index in [1.807, 2.05) is 42.6 Å². The Morgan fingerprint density at radius 2 is 1.50 bits per heavy atom. The van der Waals surface area contributed by atoms with Gasteiger partial charge < -0.3 is 10.0 Å². The molecule has 0 radical (unpaired) electrons. The molecule has 2 heterocycles. The summed E-state index contributed by atoms with van der Waals surface area (Å²) in [4.78, 5) is 11.7. The van der Waals surface area contributed by atoms with Crippen LogP contribution < -0.4 is 4.90 Å². The maximum Gasteiger partial charge on any atom is 0.147 e. The summed E-state index contributed by atoms with van der Waals surface area (Å²) in [5.74, 6) is 0.824. The van der Waals surface area contributed by atoms with Gasteiger partial charge in [0.15, 0.2) is 0 Å². The number of benzene rings is 2. The van der Waals surface area contributed by atoms with E-state index in [4.69, 9.17) is 9.97 Å². The first-order chi connectivity index (χ1) is 11.8. The molecule has 0 saturated carbocycles. The molecule has 1 saturated heterocycles. The second-order valence-electron chi connectivity index (χ2n) is 6.05. The Balaban J connectivity index is 1.82.